The van der Waals surface area contributed by atoms with E-state index >= 15 is 0 Å². The van der Waals surface area contributed by atoms with Crippen molar-refractivity contribution in [3.8, 4) is 0 Å². The van der Waals surface area contributed by atoms with Crippen molar-refractivity contribution >= 4 is 17.7 Å². The van der Waals surface area contributed by atoms with E-state index in [1.807, 2.05) is 18.8 Å². The smallest absolute Gasteiger partial charge is 0.191 e. The van der Waals surface area contributed by atoms with E-state index in [1.54, 1.807) is 0 Å². The van der Waals surface area contributed by atoms with E-state index in [4.69, 9.17) is 0 Å². The Morgan fingerprint density at radius 2 is 2.24 bits per heavy atom. The fourth-order valence-corrected chi connectivity index (χ4v) is 4.63. The molecule has 0 aromatic carbocycles. The van der Waals surface area contributed by atoms with Crippen molar-refractivity contribution in [3.63, 3.8) is 0 Å². The number of hydrogen-bond donors (Lipinski definition) is 3. The molecule has 1 aliphatic carbocycles. The molecule has 1 heterocycles. The lowest BCUT2D eigenvalue weighted by Crippen LogP contribution is -2.50. The second kappa shape index (κ2) is 7.73. The first-order chi connectivity index (χ1) is 10.0. The molecule has 3 N–H and O–H groups in total. The maximum atomic E-state index is 10.4. The largest absolute Gasteiger partial charge is 0.387 e. The molecule has 0 radical (unpaired) electrons. The first kappa shape index (κ1) is 16.9. The molecule has 1 saturated carbocycles. The van der Waals surface area contributed by atoms with Crippen LogP contribution >= 0.6 is 11.8 Å². The molecule has 4 nitrogen and oxygen atoms in total. The summed E-state index contributed by atoms with van der Waals surface area (Å²) in [7, 11) is 1.81. The lowest BCUT2D eigenvalue weighted by Gasteiger charge is -2.33. The molecule has 5 heteroatoms. The Balaban J connectivity index is 1.79. The summed E-state index contributed by atoms with van der Waals surface area (Å²) in [6.07, 6.45) is 6.00. The van der Waals surface area contributed by atoms with Crippen LogP contribution in [0.2, 0.25) is 0 Å². The van der Waals surface area contributed by atoms with Crippen LogP contribution in [0.1, 0.15) is 46.0 Å². The van der Waals surface area contributed by atoms with Crippen LogP contribution in [0.15, 0.2) is 4.99 Å². The Bertz CT molecular complexity index is 353. The van der Waals surface area contributed by atoms with Crippen LogP contribution in [0.25, 0.3) is 0 Å². The van der Waals surface area contributed by atoms with Crippen LogP contribution in [0.3, 0.4) is 0 Å². The highest BCUT2D eigenvalue weighted by atomic mass is 32.2. The van der Waals surface area contributed by atoms with E-state index < -0.39 is 5.60 Å². The van der Waals surface area contributed by atoms with Gasteiger partial charge in [-0.3, -0.25) is 4.99 Å². The Hall–Kier alpha value is -0.420. The predicted molar refractivity (Wildman–Crippen MR) is 92.0 cm³/mol. The number of rotatable bonds is 4. The molecule has 0 bridgehead atoms. The number of aliphatic imine (C=N–C) groups is 1. The van der Waals surface area contributed by atoms with Gasteiger partial charge in [0.25, 0.3) is 0 Å². The first-order valence-corrected chi connectivity index (χ1v) is 9.45. The Morgan fingerprint density at radius 1 is 1.43 bits per heavy atom. The van der Waals surface area contributed by atoms with Gasteiger partial charge in [0.1, 0.15) is 0 Å². The number of nitrogens with zero attached hydrogens (tertiary/aromatic N) is 1. The van der Waals surface area contributed by atoms with Crippen LogP contribution in [0.4, 0.5) is 0 Å². The van der Waals surface area contributed by atoms with Gasteiger partial charge in [-0.25, -0.2) is 0 Å². The molecule has 21 heavy (non-hydrogen) atoms. The molecule has 2 aliphatic rings. The minimum Gasteiger partial charge on any atom is -0.387 e. The lowest BCUT2D eigenvalue weighted by atomic mass is 9.79. The van der Waals surface area contributed by atoms with E-state index in [2.05, 4.69) is 29.5 Å². The summed E-state index contributed by atoms with van der Waals surface area (Å²) in [6, 6.07) is 0.518. The second-order valence-corrected chi connectivity index (χ2v) is 8.07. The Morgan fingerprint density at radius 3 is 2.86 bits per heavy atom. The van der Waals surface area contributed by atoms with E-state index in [1.165, 1.54) is 25.7 Å². The molecule has 1 saturated heterocycles. The van der Waals surface area contributed by atoms with Crippen LogP contribution < -0.4 is 10.6 Å². The third-order valence-electron chi connectivity index (χ3n) is 4.89. The normalized spacial score (nSPS) is 34.2. The Kier molecular flexibility index (Phi) is 6.23. The number of aliphatic hydroxyl groups is 1. The predicted octanol–water partition coefficient (Wildman–Crippen LogP) is 2.23. The zero-order chi connectivity index (χ0) is 15.3. The molecule has 2 fully saturated rings. The molecule has 1 aliphatic heterocycles. The number of nitrogens with one attached hydrogen (secondary N) is 2. The minimum absolute atomic E-state index is 0.518. The van der Waals surface area contributed by atoms with Crippen molar-refractivity contribution < 1.29 is 5.11 Å². The van der Waals surface area contributed by atoms with Gasteiger partial charge in [0, 0.05) is 25.4 Å². The van der Waals surface area contributed by atoms with Crippen LogP contribution in [0.5, 0.6) is 0 Å². The summed E-state index contributed by atoms with van der Waals surface area (Å²) in [6.45, 7) is 5.25. The van der Waals surface area contributed by atoms with Crippen LogP contribution in [-0.2, 0) is 0 Å². The number of thioether (sulfide) groups is 1. The molecule has 3 atom stereocenters. The van der Waals surface area contributed by atoms with Crippen LogP contribution in [0, 0.1) is 11.8 Å². The highest BCUT2D eigenvalue weighted by Crippen LogP contribution is 2.30. The monoisotopic (exact) mass is 313 g/mol. The molecular weight excluding hydrogens is 282 g/mol. The van der Waals surface area contributed by atoms with Gasteiger partial charge in [-0.2, -0.15) is 11.8 Å². The second-order valence-electron chi connectivity index (χ2n) is 6.96. The van der Waals surface area contributed by atoms with Gasteiger partial charge < -0.3 is 15.7 Å². The van der Waals surface area contributed by atoms with E-state index in [-0.39, 0.29) is 0 Å². The summed E-state index contributed by atoms with van der Waals surface area (Å²) >= 11 is 1.83. The minimum atomic E-state index is -0.560. The summed E-state index contributed by atoms with van der Waals surface area (Å²) in [5.41, 5.74) is -0.560. The van der Waals surface area contributed by atoms with Gasteiger partial charge in [0.2, 0.25) is 0 Å². The first-order valence-electron chi connectivity index (χ1n) is 8.30. The highest BCUT2D eigenvalue weighted by Gasteiger charge is 2.32. The van der Waals surface area contributed by atoms with Gasteiger partial charge >= 0.3 is 0 Å². The van der Waals surface area contributed by atoms with Gasteiger partial charge in [-0.1, -0.05) is 26.7 Å². The molecular formula is C16H31N3OS. The molecule has 0 aromatic heterocycles. The third-order valence-corrected chi connectivity index (χ3v) is 6.12. The molecule has 0 amide bonds. The summed E-state index contributed by atoms with van der Waals surface area (Å²) in [4.78, 5) is 4.32. The van der Waals surface area contributed by atoms with Gasteiger partial charge in [-0.05, 0) is 36.9 Å². The van der Waals surface area contributed by atoms with Crippen molar-refractivity contribution in [1.29, 1.82) is 0 Å². The molecule has 122 valence electrons. The van der Waals surface area contributed by atoms with E-state index in [9.17, 15) is 5.11 Å². The molecule has 2 rings (SSSR count). The van der Waals surface area contributed by atoms with E-state index in [0.717, 1.165) is 35.7 Å². The number of hydrogen-bond acceptors (Lipinski definition) is 3. The molecule has 3 unspecified atom stereocenters. The van der Waals surface area contributed by atoms with Crippen LogP contribution in [-0.4, -0.2) is 47.8 Å². The van der Waals surface area contributed by atoms with Crippen molar-refractivity contribution in [1.82, 2.24) is 10.6 Å². The van der Waals surface area contributed by atoms with Crippen molar-refractivity contribution in [2.24, 2.45) is 16.8 Å². The van der Waals surface area contributed by atoms with Crippen molar-refractivity contribution in [2.75, 3.05) is 25.1 Å². The summed E-state index contributed by atoms with van der Waals surface area (Å²) in [5.74, 6) is 4.32. The van der Waals surface area contributed by atoms with Crippen molar-refractivity contribution in [3.05, 3.63) is 0 Å². The average Bonchev–Trinajstić information content (AvgIpc) is 2.91. The van der Waals surface area contributed by atoms with Gasteiger partial charge in [-0.15, -0.1) is 0 Å². The van der Waals surface area contributed by atoms with E-state index in [0.29, 0.717) is 12.6 Å². The van der Waals surface area contributed by atoms with Gasteiger partial charge in [0.15, 0.2) is 5.96 Å². The maximum Gasteiger partial charge on any atom is 0.191 e. The number of guanidine groups is 1. The average molecular weight is 314 g/mol. The quantitative estimate of drug-likeness (QED) is 0.550. The Labute approximate surface area is 133 Å². The fraction of sp³-hybridized carbons (Fsp3) is 0.938. The zero-order valence-electron chi connectivity index (χ0n) is 13.7. The van der Waals surface area contributed by atoms with Gasteiger partial charge in [0.05, 0.1) is 5.60 Å². The molecule has 0 aromatic rings. The maximum absolute atomic E-state index is 10.4. The fourth-order valence-electron chi connectivity index (χ4n) is 3.34. The summed E-state index contributed by atoms with van der Waals surface area (Å²) in [5, 5.41) is 17.3. The SMILES string of the molecule is CN=C(NCC1(O)CCSC1)NC1CCCC(C(C)C)C1. The zero-order valence-corrected chi connectivity index (χ0v) is 14.5. The molecule has 0 spiro atoms. The van der Waals surface area contributed by atoms with Crippen molar-refractivity contribution in [2.45, 2.75) is 57.6 Å². The highest BCUT2D eigenvalue weighted by molar-refractivity contribution is 7.99. The third kappa shape index (κ3) is 5.06. The lowest BCUT2D eigenvalue weighted by molar-refractivity contribution is 0.0723. The topological polar surface area (TPSA) is 56.7 Å². The standard InChI is InChI=1S/C16H31N3OS/c1-12(2)13-5-4-6-14(9-13)19-15(17-3)18-10-16(20)7-8-21-11-16/h12-14,20H,4-11H2,1-3H3,(H2,17,18,19). The summed E-state index contributed by atoms with van der Waals surface area (Å²) < 4.78 is 0.